The van der Waals surface area contributed by atoms with E-state index in [-0.39, 0.29) is 24.1 Å². The number of esters is 1. The monoisotopic (exact) mass is 439 g/mol. The van der Waals surface area contributed by atoms with Crippen LogP contribution in [0.25, 0.3) is 10.2 Å². The van der Waals surface area contributed by atoms with Crippen LogP contribution in [0.15, 0.2) is 29.3 Å². The maximum atomic E-state index is 12.5. The van der Waals surface area contributed by atoms with Crippen molar-refractivity contribution in [3.63, 3.8) is 0 Å². The highest BCUT2D eigenvalue weighted by atomic mass is 32.1. The number of amides is 1. The molecule has 1 amide bonds. The third-order valence-electron chi connectivity index (χ3n) is 5.78. The van der Waals surface area contributed by atoms with Crippen molar-refractivity contribution in [2.24, 2.45) is 7.05 Å². The first-order valence-corrected chi connectivity index (χ1v) is 11.2. The molecule has 4 rings (SSSR count). The molecule has 1 unspecified atom stereocenters. The number of aryl methyl sites for hydroxylation is 4. The Balaban J connectivity index is 1.39. The van der Waals surface area contributed by atoms with E-state index in [1.54, 1.807) is 14.0 Å². The van der Waals surface area contributed by atoms with Gasteiger partial charge in [-0.3, -0.25) is 9.59 Å². The van der Waals surface area contributed by atoms with E-state index in [0.29, 0.717) is 20.7 Å². The van der Waals surface area contributed by atoms with Gasteiger partial charge in [0.1, 0.15) is 9.71 Å². The Morgan fingerprint density at radius 3 is 2.77 bits per heavy atom. The molecule has 0 aliphatic heterocycles. The lowest BCUT2D eigenvalue weighted by Gasteiger charge is -2.20. The van der Waals surface area contributed by atoms with Gasteiger partial charge in [0.2, 0.25) is 0 Å². The Bertz CT molecular complexity index is 1230. The summed E-state index contributed by atoms with van der Waals surface area (Å²) in [5, 5.41) is 3.30. The van der Waals surface area contributed by atoms with Crippen molar-refractivity contribution in [2.75, 3.05) is 6.61 Å². The minimum atomic E-state index is -0.626. The van der Waals surface area contributed by atoms with Gasteiger partial charge in [-0.1, -0.05) is 18.2 Å². The van der Waals surface area contributed by atoms with Gasteiger partial charge in [-0.25, -0.2) is 9.78 Å². The van der Waals surface area contributed by atoms with Crippen molar-refractivity contribution in [3.05, 3.63) is 62.0 Å². The van der Waals surface area contributed by atoms with Gasteiger partial charge in [-0.2, -0.15) is 0 Å². The maximum absolute atomic E-state index is 12.5. The number of thiophene rings is 1. The highest BCUT2D eigenvalue weighted by Crippen LogP contribution is 2.27. The van der Waals surface area contributed by atoms with E-state index in [0.717, 1.165) is 29.7 Å². The predicted octanol–water partition coefficient (Wildman–Crippen LogP) is 3.22. The van der Waals surface area contributed by atoms with Crippen LogP contribution in [-0.4, -0.2) is 28.0 Å². The highest BCUT2D eigenvalue weighted by molar-refractivity contribution is 7.20. The van der Waals surface area contributed by atoms with E-state index in [1.165, 1.54) is 34.9 Å². The molecule has 1 aliphatic rings. The van der Waals surface area contributed by atoms with Crippen LogP contribution in [0.4, 0.5) is 0 Å². The summed E-state index contributed by atoms with van der Waals surface area (Å²) in [6.45, 7) is 3.23. The first-order chi connectivity index (χ1) is 14.8. The third-order valence-corrected chi connectivity index (χ3v) is 6.96. The van der Waals surface area contributed by atoms with Crippen molar-refractivity contribution in [3.8, 4) is 0 Å². The molecule has 0 bridgehead atoms. The molecule has 8 heteroatoms. The van der Waals surface area contributed by atoms with E-state index < -0.39 is 5.97 Å². The Kier molecular flexibility index (Phi) is 5.91. The van der Waals surface area contributed by atoms with E-state index >= 15 is 0 Å². The number of aromatic nitrogens is 2. The van der Waals surface area contributed by atoms with Gasteiger partial charge in [-0.15, -0.1) is 11.3 Å². The van der Waals surface area contributed by atoms with E-state index in [2.05, 4.69) is 28.5 Å². The minimum absolute atomic E-state index is 0.184. The minimum Gasteiger partial charge on any atom is -0.451 e. The Morgan fingerprint density at radius 1 is 1.26 bits per heavy atom. The van der Waals surface area contributed by atoms with Crippen LogP contribution in [0.5, 0.6) is 0 Å². The van der Waals surface area contributed by atoms with E-state index in [1.807, 2.05) is 6.92 Å². The fourth-order valence-electron chi connectivity index (χ4n) is 3.99. The van der Waals surface area contributed by atoms with Gasteiger partial charge in [0.15, 0.2) is 6.61 Å². The van der Waals surface area contributed by atoms with Gasteiger partial charge in [0, 0.05) is 7.05 Å². The Hall–Kier alpha value is -3.00. The van der Waals surface area contributed by atoms with E-state index in [4.69, 9.17) is 4.74 Å². The number of fused-ring (bicyclic) bond motifs is 2. The van der Waals surface area contributed by atoms with Gasteiger partial charge in [0.25, 0.3) is 11.5 Å². The summed E-state index contributed by atoms with van der Waals surface area (Å²) in [5.41, 5.74) is 4.11. The average Bonchev–Trinajstić information content (AvgIpc) is 3.11. The predicted molar refractivity (Wildman–Crippen MR) is 120 cm³/mol. The summed E-state index contributed by atoms with van der Waals surface area (Å²) < 4.78 is 6.59. The van der Waals surface area contributed by atoms with Gasteiger partial charge in [0.05, 0.1) is 17.8 Å². The van der Waals surface area contributed by atoms with Crippen molar-refractivity contribution < 1.29 is 14.3 Å². The number of carbonyl (C=O) groups is 2. The number of ether oxygens (including phenoxy) is 1. The first kappa shape index (κ1) is 21.2. The number of rotatable bonds is 5. The molecule has 0 saturated carbocycles. The molecular weight excluding hydrogens is 414 g/mol. The Labute approximate surface area is 184 Å². The van der Waals surface area contributed by atoms with Gasteiger partial charge < -0.3 is 14.6 Å². The number of nitrogens with one attached hydrogen (secondary N) is 1. The second kappa shape index (κ2) is 8.63. The van der Waals surface area contributed by atoms with Crippen molar-refractivity contribution in [1.82, 2.24) is 14.9 Å². The molecule has 2 aromatic heterocycles. The zero-order valence-electron chi connectivity index (χ0n) is 17.9. The molecular formula is C23H25N3O4S. The lowest BCUT2D eigenvalue weighted by molar-refractivity contribution is -0.124. The molecule has 0 fully saturated rings. The normalized spacial score (nSPS) is 14.2. The smallest absolute Gasteiger partial charge is 0.349 e. The fraction of sp³-hybridized carbons (Fsp3) is 0.391. The molecule has 7 nitrogen and oxygen atoms in total. The zero-order valence-corrected chi connectivity index (χ0v) is 18.7. The quantitative estimate of drug-likeness (QED) is 0.617. The molecule has 1 aromatic carbocycles. The molecule has 1 N–H and O–H groups in total. The van der Waals surface area contributed by atoms with Crippen LogP contribution in [-0.2, 0) is 29.4 Å². The molecule has 0 saturated heterocycles. The number of benzene rings is 1. The number of hydrogen-bond donors (Lipinski definition) is 1. The van der Waals surface area contributed by atoms with Crippen molar-refractivity contribution in [1.29, 1.82) is 0 Å². The van der Waals surface area contributed by atoms with Crippen LogP contribution >= 0.6 is 11.3 Å². The zero-order chi connectivity index (χ0) is 22.1. The van der Waals surface area contributed by atoms with Crippen LogP contribution in [0.3, 0.4) is 0 Å². The molecule has 1 atom stereocenters. The molecule has 31 heavy (non-hydrogen) atoms. The number of carbonyl (C=O) groups excluding carboxylic acids is 2. The van der Waals surface area contributed by atoms with Gasteiger partial charge in [-0.05, 0) is 61.8 Å². The molecule has 0 radical (unpaired) electrons. The van der Waals surface area contributed by atoms with Crippen LogP contribution < -0.4 is 10.9 Å². The standard InChI is InChI=1S/C23H25N3O4S/c1-13-19-21(24-12-26(3)22(19)28)31-20(13)23(29)30-11-18(27)25-14(2)16-9-8-15-6-4-5-7-17(15)10-16/h8-10,12,14H,4-7,11H2,1-3H3,(H,25,27). The lowest BCUT2D eigenvalue weighted by Crippen LogP contribution is -2.31. The summed E-state index contributed by atoms with van der Waals surface area (Å²) in [5.74, 6) is -0.995. The maximum Gasteiger partial charge on any atom is 0.349 e. The molecule has 0 spiro atoms. The molecule has 1 aliphatic carbocycles. The second-order valence-corrected chi connectivity index (χ2v) is 9.00. The van der Waals surface area contributed by atoms with Crippen LogP contribution in [0.1, 0.15) is 57.7 Å². The summed E-state index contributed by atoms with van der Waals surface area (Å²) in [6.07, 6.45) is 6.05. The van der Waals surface area contributed by atoms with Crippen molar-refractivity contribution >= 4 is 33.4 Å². The average molecular weight is 440 g/mol. The second-order valence-electron chi connectivity index (χ2n) is 8.00. The van der Waals surface area contributed by atoms with Crippen LogP contribution in [0.2, 0.25) is 0 Å². The largest absolute Gasteiger partial charge is 0.451 e. The van der Waals surface area contributed by atoms with E-state index in [9.17, 15) is 14.4 Å². The fourth-order valence-corrected chi connectivity index (χ4v) is 5.02. The summed E-state index contributed by atoms with van der Waals surface area (Å²) in [4.78, 5) is 42.2. The van der Waals surface area contributed by atoms with Gasteiger partial charge >= 0.3 is 5.97 Å². The summed E-state index contributed by atoms with van der Waals surface area (Å²) in [7, 11) is 1.61. The third kappa shape index (κ3) is 4.25. The summed E-state index contributed by atoms with van der Waals surface area (Å²) >= 11 is 1.10. The van der Waals surface area contributed by atoms with Crippen molar-refractivity contribution in [2.45, 2.75) is 45.6 Å². The number of nitrogens with zero attached hydrogens (tertiary/aromatic N) is 2. The first-order valence-electron chi connectivity index (χ1n) is 10.4. The SMILES string of the molecule is Cc1c(C(=O)OCC(=O)NC(C)c2ccc3c(c2)CCCC3)sc2ncn(C)c(=O)c12. The Morgan fingerprint density at radius 2 is 2.00 bits per heavy atom. The highest BCUT2D eigenvalue weighted by Gasteiger charge is 2.21. The molecule has 2 heterocycles. The topological polar surface area (TPSA) is 90.3 Å². The lowest BCUT2D eigenvalue weighted by atomic mass is 9.89. The number of hydrogen-bond acceptors (Lipinski definition) is 6. The van der Waals surface area contributed by atoms with Crippen LogP contribution in [0, 0.1) is 6.92 Å². The molecule has 162 valence electrons. The molecule has 3 aromatic rings. The summed E-state index contributed by atoms with van der Waals surface area (Å²) in [6, 6.07) is 6.18.